The van der Waals surface area contributed by atoms with Crippen molar-refractivity contribution in [1.29, 1.82) is 0 Å². The van der Waals surface area contributed by atoms with E-state index in [1.807, 2.05) is 10.9 Å². The third-order valence-electron chi connectivity index (χ3n) is 3.81. The Hall–Kier alpha value is -1.92. The average Bonchev–Trinajstić information content (AvgIpc) is 2.93. The number of aromatic nitrogens is 1. The third-order valence-corrected chi connectivity index (χ3v) is 4.76. The Labute approximate surface area is 146 Å². The second-order valence-corrected chi connectivity index (χ2v) is 6.97. The Bertz CT molecular complexity index is 752. The minimum atomic E-state index is 0.261. The van der Waals surface area contributed by atoms with Crippen molar-refractivity contribution in [3.05, 3.63) is 45.7 Å². The second-order valence-electron chi connectivity index (χ2n) is 6.13. The van der Waals surface area contributed by atoms with Crippen molar-refractivity contribution in [2.45, 2.75) is 26.8 Å². The Morgan fingerprint density at radius 3 is 2.54 bits per heavy atom. The molecule has 2 aromatic rings. The fourth-order valence-electron chi connectivity index (χ4n) is 2.55. The van der Waals surface area contributed by atoms with Crippen molar-refractivity contribution in [1.82, 2.24) is 4.68 Å². The molecule has 0 aliphatic carbocycles. The molecule has 2 heterocycles. The number of anilines is 1. The molecular formula is C18H24N4OS. The molecule has 0 saturated carbocycles. The van der Waals surface area contributed by atoms with E-state index in [1.165, 1.54) is 5.69 Å². The van der Waals surface area contributed by atoms with E-state index in [9.17, 15) is 0 Å². The minimum Gasteiger partial charge on any atom is -0.378 e. The summed E-state index contributed by atoms with van der Waals surface area (Å²) in [6.45, 7) is 9.73. The number of nitrogens with zero attached hydrogens (tertiary/aromatic N) is 4. The van der Waals surface area contributed by atoms with Crippen LogP contribution in [0.5, 0.6) is 0 Å². The normalized spacial score (nSPS) is 16.5. The summed E-state index contributed by atoms with van der Waals surface area (Å²) in [7, 11) is 0. The van der Waals surface area contributed by atoms with Crippen molar-refractivity contribution >= 4 is 23.2 Å². The molecule has 1 aliphatic rings. The summed E-state index contributed by atoms with van der Waals surface area (Å²) in [6.07, 6.45) is 1.89. The summed E-state index contributed by atoms with van der Waals surface area (Å²) in [4.78, 5) is 7.90. The average molecular weight is 344 g/mol. The van der Waals surface area contributed by atoms with Crippen LogP contribution in [0.25, 0.3) is 0 Å². The minimum absolute atomic E-state index is 0.261. The summed E-state index contributed by atoms with van der Waals surface area (Å²) in [5, 5.41) is 6.69. The van der Waals surface area contributed by atoms with Gasteiger partial charge >= 0.3 is 0 Å². The molecule has 1 fully saturated rings. The van der Waals surface area contributed by atoms with Gasteiger partial charge in [0.2, 0.25) is 4.80 Å². The topological polar surface area (TPSA) is 42.1 Å². The van der Waals surface area contributed by atoms with Crippen LogP contribution < -0.4 is 9.70 Å². The van der Waals surface area contributed by atoms with Crippen molar-refractivity contribution in [2.24, 2.45) is 10.1 Å². The Morgan fingerprint density at radius 1 is 1.17 bits per heavy atom. The van der Waals surface area contributed by atoms with Gasteiger partial charge in [-0.05, 0) is 38.5 Å². The van der Waals surface area contributed by atoms with Crippen molar-refractivity contribution in [3.8, 4) is 0 Å². The Morgan fingerprint density at radius 2 is 1.88 bits per heavy atom. The molecule has 24 heavy (non-hydrogen) atoms. The number of thiazole rings is 1. The van der Waals surface area contributed by atoms with Gasteiger partial charge in [-0.3, -0.25) is 4.99 Å². The van der Waals surface area contributed by atoms with E-state index < -0.39 is 0 Å². The first-order valence-corrected chi connectivity index (χ1v) is 9.19. The SMILES string of the molecule is Cc1csc(=NC(C)C)n1N=Cc1ccc(N2CCOCC2)cc1. The highest BCUT2D eigenvalue weighted by Crippen LogP contribution is 2.16. The van der Waals surface area contributed by atoms with Gasteiger partial charge in [-0.1, -0.05) is 12.1 Å². The van der Waals surface area contributed by atoms with Crippen molar-refractivity contribution in [3.63, 3.8) is 0 Å². The number of ether oxygens (including phenoxy) is 1. The monoisotopic (exact) mass is 344 g/mol. The Balaban J connectivity index is 1.77. The highest BCUT2D eigenvalue weighted by atomic mass is 32.1. The van der Waals surface area contributed by atoms with Gasteiger partial charge in [-0.15, -0.1) is 11.3 Å². The molecule has 128 valence electrons. The van der Waals surface area contributed by atoms with Crippen LogP contribution in [0.1, 0.15) is 25.1 Å². The molecule has 1 saturated heterocycles. The van der Waals surface area contributed by atoms with Gasteiger partial charge in [0.15, 0.2) is 0 Å². The first-order valence-electron chi connectivity index (χ1n) is 8.31. The lowest BCUT2D eigenvalue weighted by Crippen LogP contribution is -2.36. The summed E-state index contributed by atoms with van der Waals surface area (Å²) >= 11 is 1.62. The van der Waals surface area contributed by atoms with Crippen LogP contribution in [0.4, 0.5) is 5.69 Å². The summed E-state index contributed by atoms with van der Waals surface area (Å²) in [5.41, 5.74) is 3.42. The van der Waals surface area contributed by atoms with Gasteiger partial charge in [-0.25, -0.2) is 4.68 Å². The van der Waals surface area contributed by atoms with E-state index in [1.54, 1.807) is 11.3 Å². The van der Waals surface area contributed by atoms with E-state index in [0.29, 0.717) is 0 Å². The van der Waals surface area contributed by atoms with Crippen LogP contribution >= 0.6 is 11.3 Å². The van der Waals surface area contributed by atoms with Crippen LogP contribution in [0.3, 0.4) is 0 Å². The van der Waals surface area contributed by atoms with Gasteiger partial charge < -0.3 is 9.64 Å². The van der Waals surface area contributed by atoms with Crippen LogP contribution in [-0.2, 0) is 4.74 Å². The van der Waals surface area contributed by atoms with E-state index in [0.717, 1.165) is 42.4 Å². The quantitative estimate of drug-likeness (QED) is 0.801. The third kappa shape index (κ3) is 4.13. The molecule has 1 aromatic heterocycles. The second kappa shape index (κ2) is 7.77. The van der Waals surface area contributed by atoms with E-state index in [-0.39, 0.29) is 6.04 Å². The highest BCUT2D eigenvalue weighted by molar-refractivity contribution is 7.07. The summed E-state index contributed by atoms with van der Waals surface area (Å²) < 4.78 is 7.30. The summed E-state index contributed by atoms with van der Waals surface area (Å²) in [5.74, 6) is 0. The standard InChI is InChI=1S/C18H24N4OS/c1-14(2)20-18-22(15(3)13-24-18)19-12-16-4-6-17(7-5-16)21-8-10-23-11-9-21/h4-7,12-14H,8-11H2,1-3H3. The van der Waals surface area contributed by atoms with Crippen LogP contribution in [0, 0.1) is 6.92 Å². The molecule has 0 N–H and O–H groups in total. The zero-order chi connectivity index (χ0) is 16.9. The molecule has 0 atom stereocenters. The number of morpholine rings is 1. The molecule has 5 nitrogen and oxygen atoms in total. The van der Waals surface area contributed by atoms with Crippen LogP contribution in [-0.4, -0.2) is 43.2 Å². The maximum atomic E-state index is 5.40. The van der Waals surface area contributed by atoms with Crippen LogP contribution in [0.2, 0.25) is 0 Å². The lowest BCUT2D eigenvalue weighted by atomic mass is 10.2. The van der Waals surface area contributed by atoms with Gasteiger partial charge in [0.1, 0.15) is 0 Å². The molecular weight excluding hydrogens is 320 g/mol. The maximum absolute atomic E-state index is 5.40. The van der Waals surface area contributed by atoms with Gasteiger partial charge in [-0.2, -0.15) is 5.10 Å². The zero-order valence-electron chi connectivity index (χ0n) is 14.5. The lowest BCUT2D eigenvalue weighted by Gasteiger charge is -2.28. The molecule has 3 rings (SSSR count). The smallest absolute Gasteiger partial charge is 0.206 e. The number of aryl methyl sites for hydroxylation is 1. The first kappa shape index (κ1) is 16.9. The van der Waals surface area contributed by atoms with Crippen LogP contribution in [0.15, 0.2) is 39.7 Å². The molecule has 1 aromatic carbocycles. The zero-order valence-corrected chi connectivity index (χ0v) is 15.3. The Kier molecular flexibility index (Phi) is 5.48. The maximum Gasteiger partial charge on any atom is 0.206 e. The molecule has 0 bridgehead atoms. The molecule has 0 amide bonds. The van der Waals surface area contributed by atoms with Gasteiger partial charge in [0.05, 0.1) is 25.1 Å². The van der Waals surface area contributed by atoms with Gasteiger partial charge in [0, 0.05) is 30.2 Å². The lowest BCUT2D eigenvalue weighted by molar-refractivity contribution is 0.122. The number of hydrogen-bond donors (Lipinski definition) is 0. The van der Waals surface area contributed by atoms with Crippen molar-refractivity contribution in [2.75, 3.05) is 31.2 Å². The van der Waals surface area contributed by atoms with Gasteiger partial charge in [0.25, 0.3) is 0 Å². The fourth-order valence-corrected chi connectivity index (χ4v) is 3.49. The molecule has 0 radical (unpaired) electrons. The largest absolute Gasteiger partial charge is 0.378 e. The van der Waals surface area contributed by atoms with E-state index in [4.69, 9.17) is 4.74 Å². The van der Waals surface area contributed by atoms with E-state index in [2.05, 4.69) is 65.4 Å². The molecule has 0 spiro atoms. The number of rotatable bonds is 4. The predicted molar refractivity (Wildman–Crippen MR) is 100 cm³/mol. The summed E-state index contributed by atoms with van der Waals surface area (Å²) in [6, 6.07) is 8.78. The number of hydrogen-bond acceptors (Lipinski definition) is 5. The van der Waals surface area contributed by atoms with Crippen molar-refractivity contribution < 1.29 is 4.74 Å². The predicted octanol–water partition coefficient (Wildman–Crippen LogP) is 2.89. The number of benzene rings is 1. The van der Waals surface area contributed by atoms with E-state index >= 15 is 0 Å². The highest BCUT2D eigenvalue weighted by Gasteiger charge is 2.10. The fraction of sp³-hybridized carbons (Fsp3) is 0.444. The molecule has 0 unspecified atom stereocenters. The first-order chi connectivity index (χ1) is 11.6. The molecule has 6 heteroatoms. The molecule has 1 aliphatic heterocycles.